The van der Waals surface area contributed by atoms with Crippen LogP contribution in [0.15, 0.2) is 48.9 Å². The molecule has 7 heteroatoms. The molecule has 0 aliphatic rings. The number of hydrogen-bond donors (Lipinski definition) is 1. The van der Waals surface area contributed by atoms with Crippen molar-refractivity contribution in [2.75, 3.05) is 23.3 Å². The van der Waals surface area contributed by atoms with Gasteiger partial charge in [-0.05, 0) is 38.1 Å². The summed E-state index contributed by atoms with van der Waals surface area (Å²) in [4.78, 5) is 19.2. The Kier molecular flexibility index (Phi) is 5.26. The van der Waals surface area contributed by atoms with Gasteiger partial charge in [-0.3, -0.25) is 4.79 Å². The van der Waals surface area contributed by atoms with Crippen molar-refractivity contribution in [1.29, 1.82) is 0 Å². The Morgan fingerprint density at radius 1 is 1.15 bits per heavy atom. The van der Waals surface area contributed by atoms with Gasteiger partial charge in [0.2, 0.25) is 0 Å². The molecule has 0 spiro atoms. The predicted molar refractivity (Wildman–Crippen MR) is 102 cm³/mol. The van der Waals surface area contributed by atoms with E-state index in [9.17, 15) is 4.79 Å². The molecule has 2 aromatic heterocycles. The van der Waals surface area contributed by atoms with Crippen LogP contribution in [0, 0.1) is 0 Å². The third kappa shape index (κ3) is 3.56. The number of anilines is 2. The van der Waals surface area contributed by atoms with E-state index in [0.717, 1.165) is 24.5 Å². The van der Waals surface area contributed by atoms with Crippen LogP contribution >= 0.6 is 0 Å². The molecule has 3 rings (SSSR count). The van der Waals surface area contributed by atoms with Gasteiger partial charge in [0.05, 0.1) is 11.3 Å². The molecule has 26 heavy (non-hydrogen) atoms. The Balaban J connectivity index is 1.82. The van der Waals surface area contributed by atoms with Crippen molar-refractivity contribution in [2.24, 2.45) is 7.05 Å². The zero-order valence-electron chi connectivity index (χ0n) is 15.2. The summed E-state index contributed by atoms with van der Waals surface area (Å²) < 4.78 is 1.81. The van der Waals surface area contributed by atoms with Gasteiger partial charge in [-0.25, -0.2) is 4.98 Å². The fraction of sp³-hybridized carbons (Fsp3) is 0.263. The minimum absolute atomic E-state index is 0.210. The average molecular weight is 350 g/mol. The highest BCUT2D eigenvalue weighted by Crippen LogP contribution is 2.26. The summed E-state index contributed by atoms with van der Waals surface area (Å²) in [7, 11) is 1.86. The number of pyridine rings is 1. The zero-order valence-corrected chi connectivity index (χ0v) is 15.2. The first kappa shape index (κ1) is 17.6. The molecule has 0 saturated heterocycles. The van der Waals surface area contributed by atoms with Crippen molar-refractivity contribution in [1.82, 2.24) is 19.7 Å². The number of aryl methyl sites for hydroxylation is 1. The Morgan fingerprint density at radius 3 is 2.54 bits per heavy atom. The highest BCUT2D eigenvalue weighted by Gasteiger charge is 2.14. The van der Waals surface area contributed by atoms with Crippen LogP contribution in [-0.4, -0.2) is 38.7 Å². The number of carbonyl (C=O) groups excluding carboxylic acids is 1. The van der Waals surface area contributed by atoms with Crippen LogP contribution in [0.4, 0.5) is 11.5 Å². The number of amides is 1. The zero-order chi connectivity index (χ0) is 18.5. The lowest BCUT2D eigenvalue weighted by Gasteiger charge is -2.19. The topological polar surface area (TPSA) is 75.9 Å². The van der Waals surface area contributed by atoms with E-state index in [1.54, 1.807) is 18.6 Å². The van der Waals surface area contributed by atoms with E-state index in [0.29, 0.717) is 17.1 Å². The molecule has 0 radical (unpaired) electrons. The first-order valence-electron chi connectivity index (χ1n) is 8.59. The molecule has 7 nitrogen and oxygen atoms in total. The van der Waals surface area contributed by atoms with E-state index in [4.69, 9.17) is 0 Å². The maximum Gasteiger partial charge on any atom is 0.257 e. The second-order valence-electron chi connectivity index (χ2n) is 5.84. The summed E-state index contributed by atoms with van der Waals surface area (Å²) in [5.74, 6) is 1.35. The van der Waals surface area contributed by atoms with E-state index in [2.05, 4.69) is 39.2 Å². The largest absolute Gasteiger partial charge is 0.357 e. The Morgan fingerprint density at radius 2 is 1.92 bits per heavy atom. The third-order valence-electron chi connectivity index (χ3n) is 4.23. The average Bonchev–Trinajstić information content (AvgIpc) is 3.09. The quantitative estimate of drug-likeness (QED) is 0.740. The standard InChI is InChI=1S/C19H22N6O/c1-4-25(5-2)17-11-10-14(12-20-17)19(26)22-16-9-7-6-8-15(16)18-23-21-13-24(18)3/h6-13H,4-5H2,1-3H3,(H,22,26). The van der Waals surface area contributed by atoms with Crippen LogP contribution in [0.5, 0.6) is 0 Å². The first-order chi connectivity index (χ1) is 12.6. The van der Waals surface area contributed by atoms with Crippen LogP contribution in [0.2, 0.25) is 0 Å². The Bertz CT molecular complexity index is 883. The summed E-state index contributed by atoms with van der Waals surface area (Å²) in [6.07, 6.45) is 3.23. The maximum atomic E-state index is 12.6. The molecule has 1 aromatic carbocycles. The number of aromatic nitrogens is 4. The van der Waals surface area contributed by atoms with Gasteiger partial charge in [0, 0.05) is 31.9 Å². The second kappa shape index (κ2) is 7.77. The summed E-state index contributed by atoms with van der Waals surface area (Å²) in [6, 6.07) is 11.2. The number of hydrogen-bond acceptors (Lipinski definition) is 5. The van der Waals surface area contributed by atoms with Crippen molar-refractivity contribution in [2.45, 2.75) is 13.8 Å². The van der Waals surface area contributed by atoms with Gasteiger partial charge >= 0.3 is 0 Å². The normalized spacial score (nSPS) is 10.6. The van der Waals surface area contributed by atoms with Crippen molar-refractivity contribution >= 4 is 17.4 Å². The van der Waals surface area contributed by atoms with Crippen LogP contribution in [0.25, 0.3) is 11.4 Å². The number of rotatable bonds is 6. The fourth-order valence-electron chi connectivity index (χ4n) is 2.76. The summed E-state index contributed by atoms with van der Waals surface area (Å²) in [6.45, 7) is 5.91. The molecule has 1 amide bonds. The van der Waals surface area contributed by atoms with Gasteiger partial charge in [-0.1, -0.05) is 12.1 Å². The highest BCUT2D eigenvalue weighted by molar-refractivity contribution is 6.05. The second-order valence-corrected chi connectivity index (χ2v) is 5.84. The highest BCUT2D eigenvalue weighted by atomic mass is 16.1. The van der Waals surface area contributed by atoms with Crippen LogP contribution in [0.1, 0.15) is 24.2 Å². The number of benzene rings is 1. The van der Waals surface area contributed by atoms with Crippen LogP contribution in [-0.2, 0) is 7.05 Å². The van der Waals surface area contributed by atoms with Gasteiger partial charge in [0.1, 0.15) is 12.1 Å². The molecule has 0 fully saturated rings. The molecule has 3 aromatic rings. The van der Waals surface area contributed by atoms with Crippen LogP contribution in [0.3, 0.4) is 0 Å². The Labute approximate surface area is 152 Å². The van der Waals surface area contributed by atoms with Gasteiger partial charge in [-0.15, -0.1) is 10.2 Å². The van der Waals surface area contributed by atoms with Gasteiger partial charge in [0.25, 0.3) is 5.91 Å². The molecule has 2 heterocycles. The minimum atomic E-state index is -0.210. The van der Waals surface area contributed by atoms with E-state index < -0.39 is 0 Å². The summed E-state index contributed by atoms with van der Waals surface area (Å²) in [5.41, 5.74) is 2.00. The molecule has 1 N–H and O–H groups in total. The van der Waals surface area contributed by atoms with E-state index in [1.807, 2.05) is 41.9 Å². The molecular weight excluding hydrogens is 328 g/mol. The van der Waals surface area contributed by atoms with Crippen molar-refractivity contribution in [3.8, 4) is 11.4 Å². The van der Waals surface area contributed by atoms with E-state index in [1.165, 1.54) is 0 Å². The lowest BCUT2D eigenvalue weighted by Crippen LogP contribution is -2.23. The van der Waals surface area contributed by atoms with Gasteiger partial charge < -0.3 is 14.8 Å². The number of nitrogens with one attached hydrogen (secondary N) is 1. The van der Waals surface area contributed by atoms with Crippen LogP contribution < -0.4 is 10.2 Å². The van der Waals surface area contributed by atoms with Gasteiger partial charge in [-0.2, -0.15) is 0 Å². The van der Waals surface area contributed by atoms with Crippen molar-refractivity contribution in [3.05, 3.63) is 54.5 Å². The molecule has 0 aliphatic heterocycles. The smallest absolute Gasteiger partial charge is 0.257 e. The fourth-order valence-corrected chi connectivity index (χ4v) is 2.76. The van der Waals surface area contributed by atoms with Gasteiger partial charge in [0.15, 0.2) is 5.82 Å². The predicted octanol–water partition coefficient (Wildman–Crippen LogP) is 2.98. The van der Waals surface area contributed by atoms with E-state index >= 15 is 0 Å². The first-order valence-corrected chi connectivity index (χ1v) is 8.59. The summed E-state index contributed by atoms with van der Waals surface area (Å²) >= 11 is 0. The molecule has 0 aliphatic carbocycles. The number of carbonyl (C=O) groups is 1. The third-order valence-corrected chi connectivity index (χ3v) is 4.23. The lowest BCUT2D eigenvalue weighted by atomic mass is 10.1. The molecular formula is C19H22N6O. The minimum Gasteiger partial charge on any atom is -0.357 e. The molecule has 134 valence electrons. The molecule has 0 atom stereocenters. The number of nitrogens with zero attached hydrogens (tertiary/aromatic N) is 5. The molecule has 0 unspecified atom stereocenters. The molecule has 0 bridgehead atoms. The molecule has 0 saturated carbocycles. The maximum absolute atomic E-state index is 12.6. The van der Waals surface area contributed by atoms with Crippen molar-refractivity contribution in [3.63, 3.8) is 0 Å². The lowest BCUT2D eigenvalue weighted by molar-refractivity contribution is 0.102. The number of para-hydroxylation sites is 1. The van der Waals surface area contributed by atoms with E-state index in [-0.39, 0.29) is 5.91 Å². The summed E-state index contributed by atoms with van der Waals surface area (Å²) in [5, 5.41) is 11.0. The Hall–Kier alpha value is -3.22. The SMILES string of the molecule is CCN(CC)c1ccc(C(=O)Nc2ccccc2-c2nncn2C)cn1. The van der Waals surface area contributed by atoms with Crippen molar-refractivity contribution < 1.29 is 4.79 Å². The monoisotopic (exact) mass is 350 g/mol.